The molecule has 2 aliphatic heterocycles. The molecule has 1 aromatic carbocycles. The largest absolute Gasteiger partial charge is 0.319 e. The second-order valence-corrected chi connectivity index (χ2v) is 10.8. The molecule has 9 heteroatoms. The number of hydrogen-bond donors (Lipinski definition) is 2. The Labute approximate surface area is 222 Å². The van der Waals surface area contributed by atoms with Gasteiger partial charge in [-0.25, -0.2) is 4.98 Å². The van der Waals surface area contributed by atoms with Crippen LogP contribution < -0.4 is 15.5 Å². The molecule has 1 aromatic heterocycles. The van der Waals surface area contributed by atoms with Crippen molar-refractivity contribution in [3.8, 4) is 0 Å². The van der Waals surface area contributed by atoms with Crippen molar-refractivity contribution in [1.82, 2.24) is 15.2 Å². The van der Waals surface area contributed by atoms with Crippen LogP contribution in [-0.2, 0) is 9.59 Å². The summed E-state index contributed by atoms with van der Waals surface area (Å²) in [5, 5.41) is 6.70. The third kappa shape index (κ3) is 6.37. The van der Waals surface area contributed by atoms with Crippen molar-refractivity contribution in [2.75, 3.05) is 42.9 Å². The number of nitrogens with zero attached hydrogens (tertiary/aromatic N) is 3. The molecule has 3 heterocycles. The van der Waals surface area contributed by atoms with Crippen LogP contribution in [0, 0.1) is 11.8 Å². The number of carbonyl (C=O) groups is 3. The van der Waals surface area contributed by atoms with Crippen LogP contribution in [0.4, 0.5) is 17.2 Å². The number of ketones is 1. The van der Waals surface area contributed by atoms with Crippen LogP contribution in [0.1, 0.15) is 55.3 Å². The minimum Gasteiger partial charge on any atom is -0.319 e. The van der Waals surface area contributed by atoms with Gasteiger partial charge in [0.05, 0.1) is 23.5 Å². The number of carbonyl (C=O) groups excluding carboxylic acids is 3. The molecule has 8 nitrogen and oxygen atoms in total. The van der Waals surface area contributed by atoms with Gasteiger partial charge in [-0.05, 0) is 94.4 Å². The van der Waals surface area contributed by atoms with Crippen LogP contribution in [0.3, 0.4) is 0 Å². The predicted octanol–water partition coefficient (Wildman–Crippen LogP) is 4.42. The van der Waals surface area contributed by atoms with Crippen molar-refractivity contribution < 1.29 is 14.4 Å². The Balaban J connectivity index is 1.13. The SMILES string of the molecule is O=C1Nc2cccnc2N(C(=O)CN2CCC(CCCNCCC(=O)C3CC3)CC2)c2ccc(Cl)cc21. The van der Waals surface area contributed by atoms with Crippen LogP contribution in [0.5, 0.6) is 0 Å². The van der Waals surface area contributed by atoms with E-state index in [2.05, 4.69) is 20.5 Å². The van der Waals surface area contributed by atoms with E-state index in [-0.39, 0.29) is 18.4 Å². The van der Waals surface area contributed by atoms with Crippen molar-refractivity contribution >= 4 is 46.4 Å². The fourth-order valence-electron chi connectivity index (χ4n) is 5.27. The number of hydrogen-bond acceptors (Lipinski definition) is 6. The molecule has 2 amide bonds. The van der Waals surface area contributed by atoms with Gasteiger partial charge in [-0.1, -0.05) is 11.6 Å². The normalized spacial score (nSPS) is 18.1. The van der Waals surface area contributed by atoms with E-state index < -0.39 is 0 Å². The number of benzene rings is 1. The van der Waals surface area contributed by atoms with Crippen LogP contribution >= 0.6 is 11.6 Å². The van der Waals surface area contributed by atoms with Gasteiger partial charge < -0.3 is 10.6 Å². The molecule has 2 fully saturated rings. The summed E-state index contributed by atoms with van der Waals surface area (Å²) in [5.74, 6) is 1.42. The van der Waals surface area contributed by atoms with Crippen molar-refractivity contribution in [3.63, 3.8) is 0 Å². The molecule has 3 aliphatic rings. The molecule has 0 bridgehead atoms. The first-order valence-electron chi connectivity index (χ1n) is 13.3. The van der Waals surface area contributed by atoms with Gasteiger partial charge in [-0.2, -0.15) is 0 Å². The summed E-state index contributed by atoms with van der Waals surface area (Å²) in [6.45, 7) is 3.74. The lowest BCUT2D eigenvalue weighted by Crippen LogP contribution is -2.42. The highest BCUT2D eigenvalue weighted by Gasteiger charge is 2.32. The topological polar surface area (TPSA) is 94.6 Å². The number of aromatic nitrogens is 1. The lowest BCUT2D eigenvalue weighted by Gasteiger charge is -2.33. The molecule has 1 saturated carbocycles. The predicted molar refractivity (Wildman–Crippen MR) is 144 cm³/mol. The average molecular weight is 524 g/mol. The quantitative estimate of drug-likeness (QED) is 0.448. The van der Waals surface area contributed by atoms with Gasteiger partial charge in [0.1, 0.15) is 5.78 Å². The van der Waals surface area contributed by atoms with Gasteiger partial charge in [0.15, 0.2) is 5.82 Å². The monoisotopic (exact) mass is 523 g/mol. The molecule has 37 heavy (non-hydrogen) atoms. The Hall–Kier alpha value is -2.81. The Kier molecular flexibility index (Phi) is 8.17. The van der Waals surface area contributed by atoms with E-state index in [1.807, 2.05) is 0 Å². The zero-order valence-electron chi connectivity index (χ0n) is 21.0. The maximum atomic E-state index is 13.6. The zero-order chi connectivity index (χ0) is 25.8. The van der Waals surface area contributed by atoms with Crippen LogP contribution in [0.2, 0.25) is 5.02 Å². The Bertz CT molecular complexity index is 1160. The highest BCUT2D eigenvalue weighted by Crippen LogP contribution is 2.37. The highest BCUT2D eigenvalue weighted by atomic mass is 35.5. The number of likely N-dealkylation sites (tertiary alicyclic amines) is 1. The zero-order valence-corrected chi connectivity index (χ0v) is 21.8. The fourth-order valence-corrected chi connectivity index (χ4v) is 5.44. The molecule has 2 aromatic rings. The van der Waals surface area contributed by atoms with E-state index in [9.17, 15) is 14.4 Å². The molecule has 1 aliphatic carbocycles. The third-order valence-electron chi connectivity index (χ3n) is 7.55. The maximum absolute atomic E-state index is 13.6. The average Bonchev–Trinajstić information content (AvgIpc) is 3.75. The number of amides is 2. The summed E-state index contributed by atoms with van der Waals surface area (Å²) in [5.41, 5.74) is 1.34. The third-order valence-corrected chi connectivity index (χ3v) is 7.79. The van der Waals surface area contributed by atoms with E-state index in [1.54, 1.807) is 41.4 Å². The minimum absolute atomic E-state index is 0.122. The molecule has 0 spiro atoms. The second kappa shape index (κ2) is 11.7. The molecule has 2 N–H and O–H groups in total. The number of anilines is 3. The first kappa shape index (κ1) is 25.8. The van der Waals surface area contributed by atoms with Crippen molar-refractivity contribution in [2.45, 2.75) is 44.9 Å². The molecule has 5 rings (SSSR count). The first-order valence-corrected chi connectivity index (χ1v) is 13.7. The fraction of sp³-hybridized carbons (Fsp3) is 0.500. The number of halogens is 1. The van der Waals surface area contributed by atoms with Crippen molar-refractivity contribution in [2.24, 2.45) is 11.8 Å². The van der Waals surface area contributed by atoms with E-state index in [0.717, 1.165) is 64.7 Å². The number of nitrogens with one attached hydrogen (secondary N) is 2. The van der Waals surface area contributed by atoms with Gasteiger partial charge in [0.2, 0.25) is 5.91 Å². The molecular formula is C28H34ClN5O3. The van der Waals surface area contributed by atoms with Crippen molar-refractivity contribution in [1.29, 1.82) is 0 Å². The van der Waals surface area contributed by atoms with E-state index in [1.165, 1.54) is 0 Å². The Morgan fingerprint density at radius 1 is 1.11 bits per heavy atom. The van der Waals surface area contributed by atoms with Crippen LogP contribution in [0.25, 0.3) is 0 Å². The molecular weight excluding hydrogens is 490 g/mol. The summed E-state index contributed by atoms with van der Waals surface area (Å²) < 4.78 is 0. The standard InChI is InChI=1S/C28H34ClN5O3/c29-21-7-8-24-22(17-21)28(37)32-23-4-2-13-31-27(23)34(24)26(36)18-33-15-10-19(11-16-33)3-1-12-30-14-9-25(35)20-5-6-20/h2,4,7-8,13,17,19-20,30H,1,3,5-6,9-12,14-16,18H2,(H,32,37). The summed E-state index contributed by atoms with van der Waals surface area (Å²) in [6, 6.07) is 8.47. The summed E-state index contributed by atoms with van der Waals surface area (Å²) in [6.07, 6.45) is 8.86. The number of Topliss-reactive ketones (excluding diaryl/α,β-unsaturated/α-hetero) is 1. The minimum atomic E-state index is -0.313. The van der Waals surface area contributed by atoms with Gasteiger partial charge in [-0.3, -0.25) is 24.2 Å². The molecule has 0 atom stereocenters. The van der Waals surface area contributed by atoms with E-state index in [0.29, 0.717) is 51.8 Å². The van der Waals surface area contributed by atoms with Gasteiger partial charge >= 0.3 is 0 Å². The van der Waals surface area contributed by atoms with Gasteiger partial charge in [-0.15, -0.1) is 0 Å². The van der Waals surface area contributed by atoms with Crippen molar-refractivity contribution in [3.05, 3.63) is 47.1 Å². The van der Waals surface area contributed by atoms with Crippen LogP contribution in [-0.4, -0.2) is 60.2 Å². The lowest BCUT2D eigenvalue weighted by atomic mass is 9.92. The molecule has 1 saturated heterocycles. The molecule has 0 unspecified atom stereocenters. The highest BCUT2D eigenvalue weighted by molar-refractivity contribution is 6.31. The number of piperidine rings is 1. The van der Waals surface area contributed by atoms with E-state index >= 15 is 0 Å². The summed E-state index contributed by atoms with van der Waals surface area (Å²) >= 11 is 6.17. The number of rotatable bonds is 10. The number of fused-ring (bicyclic) bond motifs is 2. The summed E-state index contributed by atoms with van der Waals surface area (Å²) in [7, 11) is 0. The van der Waals surface area contributed by atoms with Gasteiger partial charge in [0, 0.05) is 30.1 Å². The Morgan fingerprint density at radius 2 is 1.92 bits per heavy atom. The second-order valence-electron chi connectivity index (χ2n) is 10.3. The number of pyridine rings is 1. The maximum Gasteiger partial charge on any atom is 0.257 e. The summed E-state index contributed by atoms with van der Waals surface area (Å²) in [4.78, 5) is 46.4. The van der Waals surface area contributed by atoms with Crippen LogP contribution in [0.15, 0.2) is 36.5 Å². The molecule has 0 radical (unpaired) electrons. The first-order chi connectivity index (χ1) is 18.0. The lowest BCUT2D eigenvalue weighted by molar-refractivity contribution is -0.120. The van der Waals surface area contributed by atoms with Gasteiger partial charge in [0.25, 0.3) is 5.91 Å². The molecule has 196 valence electrons. The smallest absolute Gasteiger partial charge is 0.257 e. The van der Waals surface area contributed by atoms with E-state index in [4.69, 9.17) is 11.6 Å². The Morgan fingerprint density at radius 3 is 2.70 bits per heavy atom.